The summed E-state index contributed by atoms with van der Waals surface area (Å²) in [4.78, 5) is 5.55. The Labute approximate surface area is 134 Å². The highest BCUT2D eigenvalue weighted by Crippen LogP contribution is 2.35. The van der Waals surface area contributed by atoms with Crippen LogP contribution in [-0.2, 0) is 6.54 Å². The third-order valence-electron chi connectivity index (χ3n) is 3.09. The fourth-order valence-corrected chi connectivity index (χ4v) is 3.41. The first-order chi connectivity index (χ1) is 10.2. The summed E-state index contributed by atoms with van der Waals surface area (Å²) < 4.78 is 14.8. The first kappa shape index (κ1) is 14.4. The molecule has 0 aliphatic heterocycles. The van der Waals surface area contributed by atoms with Crippen LogP contribution >= 0.6 is 27.3 Å². The van der Waals surface area contributed by atoms with E-state index in [2.05, 4.69) is 20.9 Å². The number of hydrogen-bond acceptors (Lipinski definition) is 3. The van der Waals surface area contributed by atoms with Crippen LogP contribution in [0.5, 0.6) is 0 Å². The van der Waals surface area contributed by atoms with Crippen LogP contribution < -0.4 is 5.73 Å². The minimum absolute atomic E-state index is 0.290. The van der Waals surface area contributed by atoms with Gasteiger partial charge in [-0.1, -0.05) is 46.3 Å². The van der Waals surface area contributed by atoms with Gasteiger partial charge in [0.15, 0.2) is 0 Å². The molecule has 1 aromatic heterocycles. The highest BCUT2D eigenvalue weighted by atomic mass is 79.9. The Kier molecular flexibility index (Phi) is 4.14. The van der Waals surface area contributed by atoms with E-state index >= 15 is 0 Å². The van der Waals surface area contributed by atoms with Crippen LogP contribution in [0.25, 0.3) is 21.8 Å². The normalized spacial score (nSPS) is 10.8. The molecule has 2 nitrogen and oxygen atoms in total. The zero-order valence-corrected chi connectivity index (χ0v) is 13.4. The fourth-order valence-electron chi connectivity index (χ4n) is 2.09. The SMILES string of the molecule is NCc1sc(-c2ccc(Br)cc2F)nc1-c1ccccc1. The first-order valence-corrected chi connectivity index (χ1v) is 8.00. The molecule has 2 N–H and O–H groups in total. The molecule has 0 spiro atoms. The molecule has 0 amide bonds. The van der Waals surface area contributed by atoms with Crippen LogP contribution in [0.3, 0.4) is 0 Å². The Morgan fingerprint density at radius 2 is 1.90 bits per heavy atom. The average molecular weight is 363 g/mol. The maximum Gasteiger partial charge on any atom is 0.134 e. The van der Waals surface area contributed by atoms with Crippen LogP contribution in [0, 0.1) is 5.82 Å². The Balaban J connectivity index is 2.12. The molecule has 0 aliphatic carbocycles. The number of aromatic nitrogens is 1. The van der Waals surface area contributed by atoms with Gasteiger partial charge in [-0.25, -0.2) is 9.37 Å². The van der Waals surface area contributed by atoms with Crippen molar-refractivity contribution in [2.75, 3.05) is 0 Å². The van der Waals surface area contributed by atoms with Crippen molar-refractivity contribution in [1.29, 1.82) is 0 Å². The average Bonchev–Trinajstić information content (AvgIpc) is 2.92. The lowest BCUT2D eigenvalue weighted by molar-refractivity contribution is 0.630. The molecule has 0 radical (unpaired) electrons. The second-order valence-corrected chi connectivity index (χ2v) is 6.48. The summed E-state index contributed by atoms with van der Waals surface area (Å²) in [5.41, 5.74) is 8.14. The van der Waals surface area contributed by atoms with Gasteiger partial charge in [0.1, 0.15) is 10.8 Å². The van der Waals surface area contributed by atoms with Gasteiger partial charge in [0.25, 0.3) is 0 Å². The second-order valence-electron chi connectivity index (χ2n) is 4.49. The van der Waals surface area contributed by atoms with Gasteiger partial charge >= 0.3 is 0 Å². The van der Waals surface area contributed by atoms with Gasteiger partial charge in [0.2, 0.25) is 0 Å². The van der Waals surface area contributed by atoms with Crippen LogP contribution in [0.4, 0.5) is 4.39 Å². The Bertz CT molecular complexity index is 771. The van der Waals surface area contributed by atoms with Gasteiger partial charge in [-0.15, -0.1) is 11.3 Å². The Morgan fingerprint density at radius 1 is 1.14 bits per heavy atom. The molecule has 2 aromatic carbocycles. The second kappa shape index (κ2) is 6.05. The standard InChI is InChI=1S/C16H12BrFN2S/c17-11-6-7-12(13(18)8-11)16-20-15(14(9-19)21-16)10-4-2-1-3-5-10/h1-8H,9,19H2. The molecule has 0 unspecified atom stereocenters. The number of nitrogens with zero attached hydrogens (tertiary/aromatic N) is 1. The fraction of sp³-hybridized carbons (Fsp3) is 0.0625. The van der Waals surface area contributed by atoms with E-state index in [9.17, 15) is 4.39 Å². The smallest absolute Gasteiger partial charge is 0.134 e. The maximum atomic E-state index is 14.1. The van der Waals surface area contributed by atoms with E-state index in [1.54, 1.807) is 6.07 Å². The highest BCUT2D eigenvalue weighted by Gasteiger charge is 2.15. The van der Waals surface area contributed by atoms with Gasteiger partial charge in [-0.05, 0) is 18.2 Å². The van der Waals surface area contributed by atoms with E-state index in [-0.39, 0.29) is 5.82 Å². The van der Waals surface area contributed by atoms with E-state index in [0.29, 0.717) is 21.6 Å². The highest BCUT2D eigenvalue weighted by molar-refractivity contribution is 9.10. The molecule has 0 atom stereocenters. The van der Waals surface area contributed by atoms with E-state index < -0.39 is 0 Å². The van der Waals surface area contributed by atoms with E-state index in [4.69, 9.17) is 5.73 Å². The summed E-state index contributed by atoms with van der Waals surface area (Å²) in [7, 11) is 0. The molecular weight excluding hydrogens is 351 g/mol. The number of nitrogens with two attached hydrogens (primary N) is 1. The molecule has 106 valence electrons. The lowest BCUT2D eigenvalue weighted by Gasteiger charge is -2.00. The van der Waals surface area contributed by atoms with Crippen LogP contribution in [0.2, 0.25) is 0 Å². The zero-order valence-electron chi connectivity index (χ0n) is 11.0. The van der Waals surface area contributed by atoms with Crippen molar-refractivity contribution in [1.82, 2.24) is 4.98 Å². The largest absolute Gasteiger partial charge is 0.326 e. The molecule has 0 fully saturated rings. The van der Waals surface area contributed by atoms with Crippen molar-refractivity contribution in [2.24, 2.45) is 5.73 Å². The summed E-state index contributed by atoms with van der Waals surface area (Å²) in [6.07, 6.45) is 0. The minimum atomic E-state index is -0.290. The van der Waals surface area contributed by atoms with Gasteiger partial charge in [0, 0.05) is 27.0 Å². The quantitative estimate of drug-likeness (QED) is 0.723. The molecule has 1 heterocycles. The summed E-state index contributed by atoms with van der Waals surface area (Å²) in [5.74, 6) is -0.290. The maximum absolute atomic E-state index is 14.1. The van der Waals surface area contributed by atoms with Crippen LogP contribution in [0.1, 0.15) is 4.88 Å². The Morgan fingerprint density at radius 3 is 2.57 bits per heavy atom. The van der Waals surface area contributed by atoms with Crippen LogP contribution in [-0.4, -0.2) is 4.98 Å². The van der Waals surface area contributed by atoms with Gasteiger partial charge in [-0.2, -0.15) is 0 Å². The number of hydrogen-bond donors (Lipinski definition) is 1. The Hall–Kier alpha value is -1.56. The predicted molar refractivity (Wildman–Crippen MR) is 88.5 cm³/mol. The van der Waals surface area contributed by atoms with Gasteiger partial charge < -0.3 is 5.73 Å². The summed E-state index contributed by atoms with van der Waals surface area (Å²) in [6.45, 7) is 0.389. The topological polar surface area (TPSA) is 38.9 Å². The molecule has 3 rings (SSSR count). The third kappa shape index (κ3) is 2.90. The third-order valence-corrected chi connectivity index (χ3v) is 4.70. The van der Waals surface area contributed by atoms with Crippen molar-refractivity contribution in [3.63, 3.8) is 0 Å². The van der Waals surface area contributed by atoms with Gasteiger partial charge in [-0.3, -0.25) is 0 Å². The number of halogens is 2. The summed E-state index contributed by atoms with van der Waals surface area (Å²) in [6, 6.07) is 14.8. The molecule has 21 heavy (non-hydrogen) atoms. The molecule has 0 saturated carbocycles. The monoisotopic (exact) mass is 362 g/mol. The van der Waals surface area contributed by atoms with E-state index in [0.717, 1.165) is 16.1 Å². The van der Waals surface area contributed by atoms with E-state index in [1.807, 2.05) is 36.4 Å². The molecule has 0 bridgehead atoms. The van der Waals surface area contributed by atoms with Crippen molar-refractivity contribution in [2.45, 2.75) is 6.54 Å². The number of benzene rings is 2. The number of thiazole rings is 1. The molecule has 5 heteroatoms. The summed E-state index contributed by atoms with van der Waals surface area (Å²) in [5, 5.41) is 0.652. The van der Waals surface area contributed by atoms with Crippen molar-refractivity contribution in [3.8, 4) is 21.8 Å². The van der Waals surface area contributed by atoms with Gasteiger partial charge in [0.05, 0.1) is 5.69 Å². The van der Waals surface area contributed by atoms with Crippen LogP contribution in [0.15, 0.2) is 53.0 Å². The first-order valence-electron chi connectivity index (χ1n) is 6.39. The lowest BCUT2D eigenvalue weighted by Crippen LogP contribution is -1.95. The minimum Gasteiger partial charge on any atom is -0.326 e. The predicted octanol–water partition coefficient (Wildman–Crippen LogP) is 4.84. The molecule has 0 saturated heterocycles. The molecular formula is C16H12BrFN2S. The molecule has 3 aromatic rings. The van der Waals surface area contributed by atoms with E-state index in [1.165, 1.54) is 17.4 Å². The van der Waals surface area contributed by atoms with Crippen molar-refractivity contribution >= 4 is 27.3 Å². The van der Waals surface area contributed by atoms with Crippen molar-refractivity contribution < 1.29 is 4.39 Å². The number of rotatable bonds is 3. The zero-order chi connectivity index (χ0) is 14.8. The molecule has 0 aliphatic rings. The van der Waals surface area contributed by atoms with Crippen molar-refractivity contribution in [3.05, 3.63) is 63.7 Å². The summed E-state index contributed by atoms with van der Waals surface area (Å²) >= 11 is 4.70. The lowest BCUT2D eigenvalue weighted by atomic mass is 10.1.